The Morgan fingerprint density at radius 1 is 0.980 bits per heavy atom. The van der Waals surface area contributed by atoms with Crippen molar-refractivity contribution in [3.63, 3.8) is 0 Å². The van der Waals surface area contributed by atoms with E-state index in [2.05, 4.69) is 27.7 Å². The first kappa shape index (κ1) is 37.7. The smallest absolute Gasteiger partial charge is 0.245 e. The molecule has 1 aliphatic carbocycles. The Bertz CT molecular complexity index is 1480. The average Bonchev–Trinajstić information content (AvgIpc) is 3.11. The normalized spacial score (nSPS) is 20.5. The molecule has 0 aromatic heterocycles. The molecule has 0 radical (unpaired) electrons. The lowest BCUT2D eigenvalue weighted by Crippen LogP contribution is -2.59. The van der Waals surface area contributed by atoms with E-state index in [1.807, 2.05) is 48.2 Å². The largest absolute Gasteiger partial charge is 0.343 e. The lowest BCUT2D eigenvalue weighted by Gasteiger charge is -2.42. The summed E-state index contributed by atoms with van der Waals surface area (Å²) in [5.74, 6) is 0.551. The minimum Gasteiger partial charge on any atom is -0.343 e. The van der Waals surface area contributed by atoms with Gasteiger partial charge in [0.1, 0.15) is 6.04 Å². The van der Waals surface area contributed by atoms with Crippen LogP contribution in [0, 0.1) is 5.92 Å². The van der Waals surface area contributed by atoms with Crippen molar-refractivity contribution in [3.8, 4) is 0 Å². The summed E-state index contributed by atoms with van der Waals surface area (Å²) in [5.41, 5.74) is 3.32. The zero-order valence-corrected chi connectivity index (χ0v) is 31.0. The molecular weight excluding hydrogens is 658 g/mol. The van der Waals surface area contributed by atoms with Gasteiger partial charge in [0.15, 0.2) is 0 Å². The number of piperazine rings is 1. The quantitative estimate of drug-likeness (QED) is 0.252. The third-order valence-electron chi connectivity index (χ3n) is 10.9. The zero-order valence-electron chi connectivity index (χ0n) is 29.4. The van der Waals surface area contributed by atoms with Crippen LogP contribution in [-0.2, 0) is 39.0 Å². The molecule has 2 fully saturated rings. The third-order valence-corrected chi connectivity index (χ3v) is 12.5. The van der Waals surface area contributed by atoms with Gasteiger partial charge in [-0.2, -0.15) is 0 Å². The van der Waals surface area contributed by atoms with E-state index < -0.39 is 22.1 Å². The highest BCUT2D eigenvalue weighted by Crippen LogP contribution is 2.31. The summed E-state index contributed by atoms with van der Waals surface area (Å²) in [7, 11) is -3.18. The highest BCUT2D eigenvalue weighted by Gasteiger charge is 2.34. The minimum atomic E-state index is -3.18. The van der Waals surface area contributed by atoms with Gasteiger partial charge >= 0.3 is 0 Å². The number of fused-ring (bicyclic) bond motifs is 1. The Morgan fingerprint density at radius 3 is 2.35 bits per heavy atom. The zero-order chi connectivity index (χ0) is 34.8. The van der Waals surface area contributed by atoms with Gasteiger partial charge in [0, 0.05) is 63.3 Å². The maximum absolute atomic E-state index is 14.2. The SMILES string of the molecule is CCN(CCCCC(CC1CCCCC1)N1CCN(C(=O)[C@@H](Cc2ccc(Cl)cc2)NC(=O)[C@H]2Cc3ccccc3CN2)CC1)S(C)(=O)=O. The second-order valence-electron chi connectivity index (χ2n) is 14.3. The van der Waals surface area contributed by atoms with Gasteiger partial charge in [-0.3, -0.25) is 14.5 Å². The first-order chi connectivity index (χ1) is 23.6. The number of carbonyl (C=O) groups excluding carboxylic acids is 2. The number of hydrogen-bond donors (Lipinski definition) is 2. The lowest BCUT2D eigenvalue weighted by atomic mass is 9.83. The number of halogens is 1. The number of nitrogens with zero attached hydrogens (tertiary/aromatic N) is 3. The van der Waals surface area contributed by atoms with Gasteiger partial charge in [0.05, 0.1) is 12.3 Å². The second-order valence-corrected chi connectivity index (χ2v) is 16.7. The Labute approximate surface area is 299 Å². The van der Waals surface area contributed by atoms with Crippen LogP contribution in [0.4, 0.5) is 0 Å². The molecule has 1 saturated carbocycles. The molecule has 1 saturated heterocycles. The Morgan fingerprint density at radius 2 is 1.67 bits per heavy atom. The van der Waals surface area contributed by atoms with E-state index in [0.29, 0.717) is 56.6 Å². The number of unbranched alkanes of at least 4 members (excludes halogenated alkanes) is 1. The maximum atomic E-state index is 14.2. The molecule has 11 heteroatoms. The van der Waals surface area contributed by atoms with Crippen LogP contribution in [0.2, 0.25) is 5.02 Å². The molecule has 0 bridgehead atoms. The fourth-order valence-corrected chi connectivity index (χ4v) is 9.04. The van der Waals surface area contributed by atoms with Crippen LogP contribution >= 0.6 is 11.6 Å². The highest BCUT2D eigenvalue weighted by molar-refractivity contribution is 7.88. The topological polar surface area (TPSA) is 102 Å². The van der Waals surface area contributed by atoms with Gasteiger partial charge in [-0.25, -0.2) is 12.7 Å². The van der Waals surface area contributed by atoms with E-state index in [1.54, 1.807) is 4.31 Å². The summed E-state index contributed by atoms with van der Waals surface area (Å²) >= 11 is 6.15. The van der Waals surface area contributed by atoms with Gasteiger partial charge in [0.2, 0.25) is 21.8 Å². The van der Waals surface area contributed by atoms with E-state index in [0.717, 1.165) is 43.8 Å². The number of benzene rings is 2. The molecule has 0 spiro atoms. The number of sulfonamides is 1. The Balaban J connectivity index is 1.21. The lowest BCUT2D eigenvalue weighted by molar-refractivity contribution is -0.138. The first-order valence-electron chi connectivity index (χ1n) is 18.4. The molecule has 49 heavy (non-hydrogen) atoms. The van der Waals surface area contributed by atoms with E-state index in [1.165, 1.54) is 55.9 Å². The molecule has 3 atom stereocenters. The van der Waals surface area contributed by atoms with Crippen molar-refractivity contribution >= 4 is 33.4 Å². The van der Waals surface area contributed by atoms with Crippen molar-refractivity contribution in [3.05, 3.63) is 70.2 Å². The summed E-state index contributed by atoms with van der Waals surface area (Å²) in [5, 5.41) is 7.14. The molecule has 2 aliphatic heterocycles. The van der Waals surface area contributed by atoms with Crippen LogP contribution in [0.15, 0.2) is 48.5 Å². The van der Waals surface area contributed by atoms with Gasteiger partial charge in [-0.1, -0.05) is 93.4 Å². The predicted octanol–water partition coefficient (Wildman–Crippen LogP) is 5.02. The number of hydrogen-bond acceptors (Lipinski definition) is 6. The maximum Gasteiger partial charge on any atom is 0.245 e. The molecule has 2 aromatic carbocycles. The number of amides is 2. The number of carbonyl (C=O) groups is 2. The molecule has 3 aliphatic rings. The van der Waals surface area contributed by atoms with Crippen LogP contribution in [0.1, 0.15) is 81.4 Å². The van der Waals surface area contributed by atoms with Crippen LogP contribution in [-0.4, -0.2) is 98.0 Å². The second kappa shape index (κ2) is 18.1. The molecule has 5 rings (SSSR count). The van der Waals surface area contributed by atoms with Crippen LogP contribution in [0.5, 0.6) is 0 Å². The summed E-state index contributed by atoms with van der Waals surface area (Å²) < 4.78 is 25.7. The van der Waals surface area contributed by atoms with Gasteiger partial charge in [0.25, 0.3) is 0 Å². The molecule has 2 heterocycles. The predicted molar refractivity (Wildman–Crippen MR) is 197 cm³/mol. The fourth-order valence-electron chi connectivity index (χ4n) is 7.98. The standard InChI is InChI=1S/C38H56ClN5O4S/c1-3-44(49(2,47)48)20-10-9-15-34(25-29-11-5-4-6-12-29)42-21-23-43(24-22-42)38(46)36(26-30-16-18-33(39)19-17-30)41-37(45)35-27-31-13-7-8-14-32(31)28-40-35/h7-8,13-14,16-19,29,34-36,40H,3-6,9-12,15,20-28H2,1-2H3,(H,41,45)/t34?,35-,36-/m1/s1. The monoisotopic (exact) mass is 713 g/mol. The molecule has 9 nitrogen and oxygen atoms in total. The van der Waals surface area contributed by atoms with E-state index >= 15 is 0 Å². The minimum absolute atomic E-state index is 0.0385. The molecule has 270 valence electrons. The summed E-state index contributed by atoms with van der Waals surface area (Å²) in [6, 6.07) is 15.0. The molecular formula is C38H56ClN5O4S. The molecule has 2 N–H and O–H groups in total. The van der Waals surface area contributed by atoms with Crippen LogP contribution in [0.3, 0.4) is 0 Å². The molecule has 2 aromatic rings. The summed E-state index contributed by atoms with van der Waals surface area (Å²) in [6.45, 7) is 6.45. The number of nitrogens with one attached hydrogen (secondary N) is 2. The van der Waals surface area contributed by atoms with Crippen molar-refractivity contribution in [2.24, 2.45) is 5.92 Å². The van der Waals surface area contributed by atoms with Crippen LogP contribution < -0.4 is 10.6 Å². The first-order valence-corrected chi connectivity index (χ1v) is 20.7. The van der Waals surface area contributed by atoms with Crippen molar-refractivity contribution < 1.29 is 18.0 Å². The van der Waals surface area contributed by atoms with E-state index in [-0.39, 0.29) is 11.8 Å². The molecule has 2 amide bonds. The fraction of sp³-hybridized carbons (Fsp3) is 0.632. The number of rotatable bonds is 15. The van der Waals surface area contributed by atoms with Crippen molar-refractivity contribution in [2.75, 3.05) is 45.5 Å². The molecule has 1 unspecified atom stereocenters. The summed E-state index contributed by atoms with van der Waals surface area (Å²) in [6.07, 6.45) is 12.9. The van der Waals surface area contributed by atoms with Gasteiger partial charge < -0.3 is 15.5 Å². The average molecular weight is 714 g/mol. The Kier molecular flexibility index (Phi) is 14.0. The van der Waals surface area contributed by atoms with Gasteiger partial charge in [-0.05, 0) is 60.4 Å². The Hall–Kier alpha value is -2.50. The highest BCUT2D eigenvalue weighted by atomic mass is 35.5. The van der Waals surface area contributed by atoms with E-state index in [9.17, 15) is 18.0 Å². The van der Waals surface area contributed by atoms with Crippen LogP contribution in [0.25, 0.3) is 0 Å². The van der Waals surface area contributed by atoms with Gasteiger partial charge in [-0.15, -0.1) is 0 Å². The summed E-state index contributed by atoms with van der Waals surface area (Å²) in [4.78, 5) is 32.3. The van der Waals surface area contributed by atoms with Crippen molar-refractivity contribution in [1.82, 2.24) is 24.7 Å². The van der Waals surface area contributed by atoms with Crippen molar-refractivity contribution in [2.45, 2.75) is 102 Å². The third kappa shape index (κ3) is 11.0. The van der Waals surface area contributed by atoms with Crippen molar-refractivity contribution in [1.29, 1.82) is 0 Å². The van der Waals surface area contributed by atoms with E-state index in [4.69, 9.17) is 11.6 Å².